The van der Waals surface area contributed by atoms with Crippen molar-refractivity contribution in [3.05, 3.63) is 17.8 Å². The molecule has 1 aromatic rings. The van der Waals surface area contributed by atoms with Crippen LogP contribution in [0.2, 0.25) is 0 Å². The van der Waals surface area contributed by atoms with Gasteiger partial charge in [-0.3, -0.25) is 9.69 Å². The van der Waals surface area contributed by atoms with Crippen molar-refractivity contribution in [3.8, 4) is 5.75 Å². The molecule has 6 nitrogen and oxygen atoms in total. The highest BCUT2D eigenvalue weighted by Crippen LogP contribution is 2.32. The molecule has 160 valence electrons. The van der Waals surface area contributed by atoms with Crippen LogP contribution in [0.25, 0.3) is 0 Å². The number of rotatable bonds is 7. The lowest BCUT2D eigenvalue weighted by Gasteiger charge is -2.37. The number of nitrogens with one attached hydrogen (secondary N) is 1. The van der Waals surface area contributed by atoms with Crippen molar-refractivity contribution in [1.82, 2.24) is 15.2 Å². The van der Waals surface area contributed by atoms with E-state index in [9.17, 15) is 4.79 Å². The lowest BCUT2D eigenvalue weighted by atomic mass is 9.84. The van der Waals surface area contributed by atoms with Crippen LogP contribution in [0.4, 0.5) is 5.82 Å². The SMILES string of the molecule is CCCC(=O)NC1CCC(CCN2CCN(c3nccc4c3CCO4)CC2)CC1. The molecule has 1 N–H and O–H groups in total. The zero-order chi connectivity index (χ0) is 20.1. The van der Waals surface area contributed by atoms with Gasteiger partial charge in [-0.15, -0.1) is 0 Å². The third-order valence-corrected chi connectivity index (χ3v) is 6.81. The van der Waals surface area contributed by atoms with E-state index in [0.717, 1.165) is 76.0 Å². The zero-order valence-corrected chi connectivity index (χ0v) is 17.9. The molecule has 0 aromatic carbocycles. The van der Waals surface area contributed by atoms with Gasteiger partial charge in [0.15, 0.2) is 0 Å². The fraction of sp³-hybridized carbons (Fsp3) is 0.739. The number of pyridine rings is 1. The summed E-state index contributed by atoms with van der Waals surface area (Å²) in [6, 6.07) is 2.41. The number of hydrogen-bond donors (Lipinski definition) is 1. The van der Waals surface area contributed by atoms with Gasteiger partial charge >= 0.3 is 0 Å². The summed E-state index contributed by atoms with van der Waals surface area (Å²) in [6.07, 6.45) is 10.6. The minimum Gasteiger partial charge on any atom is -0.493 e. The summed E-state index contributed by atoms with van der Waals surface area (Å²) in [5.41, 5.74) is 1.30. The van der Waals surface area contributed by atoms with Crippen LogP contribution in [-0.2, 0) is 11.2 Å². The van der Waals surface area contributed by atoms with Crippen LogP contribution in [0, 0.1) is 5.92 Å². The molecule has 1 aromatic heterocycles. The molecule has 2 aliphatic heterocycles. The summed E-state index contributed by atoms with van der Waals surface area (Å²) in [6.45, 7) is 8.41. The number of fused-ring (bicyclic) bond motifs is 1. The molecule has 4 rings (SSSR count). The minimum absolute atomic E-state index is 0.235. The van der Waals surface area contributed by atoms with E-state index in [1.807, 2.05) is 12.3 Å². The number of nitrogens with zero attached hydrogens (tertiary/aromatic N) is 3. The third kappa shape index (κ3) is 5.21. The van der Waals surface area contributed by atoms with Crippen molar-refractivity contribution < 1.29 is 9.53 Å². The Balaban J connectivity index is 1.16. The Morgan fingerprint density at radius 1 is 1.21 bits per heavy atom. The number of piperazine rings is 1. The molecular formula is C23H36N4O2. The Hall–Kier alpha value is -1.82. The normalized spacial score (nSPS) is 24.8. The summed E-state index contributed by atoms with van der Waals surface area (Å²) in [5.74, 6) is 3.23. The second-order valence-electron chi connectivity index (χ2n) is 8.86. The first kappa shape index (κ1) is 20.5. The molecule has 0 spiro atoms. The van der Waals surface area contributed by atoms with E-state index in [-0.39, 0.29) is 5.91 Å². The standard InChI is InChI=1S/C23H36N4O2/c1-2-3-22(28)25-19-6-4-18(5-7-19)9-12-26-13-15-27(16-14-26)23-20-10-17-29-21(20)8-11-24-23/h8,11,18-19H,2-7,9-10,12-17H2,1H3,(H,25,28). The van der Waals surface area contributed by atoms with Gasteiger partial charge in [0, 0.05) is 56.8 Å². The van der Waals surface area contributed by atoms with Crippen LogP contribution in [-0.4, -0.2) is 61.2 Å². The fourth-order valence-corrected chi connectivity index (χ4v) is 5.04. The summed E-state index contributed by atoms with van der Waals surface area (Å²) in [5, 5.41) is 3.21. The molecule has 0 unspecified atom stereocenters. The van der Waals surface area contributed by atoms with Gasteiger partial charge in [0.05, 0.1) is 6.61 Å². The Labute approximate surface area is 175 Å². The average molecular weight is 401 g/mol. The van der Waals surface area contributed by atoms with E-state index < -0.39 is 0 Å². The van der Waals surface area contributed by atoms with E-state index in [1.54, 1.807) is 0 Å². The van der Waals surface area contributed by atoms with Gasteiger partial charge in [0.25, 0.3) is 0 Å². The highest BCUT2D eigenvalue weighted by Gasteiger charge is 2.26. The molecule has 0 radical (unpaired) electrons. The minimum atomic E-state index is 0.235. The number of ether oxygens (including phenoxy) is 1. The first-order valence-corrected chi connectivity index (χ1v) is 11.6. The molecular weight excluding hydrogens is 364 g/mol. The van der Waals surface area contributed by atoms with E-state index in [4.69, 9.17) is 4.74 Å². The number of amides is 1. The highest BCUT2D eigenvalue weighted by atomic mass is 16.5. The molecule has 1 aliphatic carbocycles. The maximum absolute atomic E-state index is 11.8. The third-order valence-electron chi connectivity index (χ3n) is 6.81. The second-order valence-corrected chi connectivity index (χ2v) is 8.86. The van der Waals surface area contributed by atoms with Crippen molar-refractivity contribution in [2.75, 3.05) is 44.2 Å². The van der Waals surface area contributed by atoms with Crippen LogP contribution in [0.1, 0.15) is 57.4 Å². The van der Waals surface area contributed by atoms with Crippen molar-refractivity contribution >= 4 is 11.7 Å². The van der Waals surface area contributed by atoms with Crippen molar-refractivity contribution in [2.45, 2.75) is 64.3 Å². The first-order valence-electron chi connectivity index (χ1n) is 11.6. The van der Waals surface area contributed by atoms with Crippen LogP contribution in [0.5, 0.6) is 5.75 Å². The maximum Gasteiger partial charge on any atom is 0.220 e. The predicted octanol–water partition coefficient (Wildman–Crippen LogP) is 3.00. The molecule has 3 aliphatic rings. The summed E-state index contributed by atoms with van der Waals surface area (Å²) < 4.78 is 5.70. The van der Waals surface area contributed by atoms with Gasteiger partial charge in [-0.2, -0.15) is 0 Å². The number of aromatic nitrogens is 1. The fourth-order valence-electron chi connectivity index (χ4n) is 5.04. The molecule has 1 amide bonds. The molecule has 6 heteroatoms. The largest absolute Gasteiger partial charge is 0.493 e. The topological polar surface area (TPSA) is 57.7 Å². The average Bonchev–Trinajstić information content (AvgIpc) is 3.23. The van der Waals surface area contributed by atoms with E-state index in [2.05, 4.69) is 27.0 Å². The monoisotopic (exact) mass is 400 g/mol. The van der Waals surface area contributed by atoms with E-state index in [1.165, 1.54) is 31.4 Å². The van der Waals surface area contributed by atoms with Crippen LogP contribution < -0.4 is 15.0 Å². The molecule has 29 heavy (non-hydrogen) atoms. The number of hydrogen-bond acceptors (Lipinski definition) is 5. The Morgan fingerprint density at radius 3 is 2.76 bits per heavy atom. The molecule has 1 saturated heterocycles. The summed E-state index contributed by atoms with van der Waals surface area (Å²) >= 11 is 0. The molecule has 2 fully saturated rings. The highest BCUT2D eigenvalue weighted by molar-refractivity contribution is 5.76. The summed E-state index contributed by atoms with van der Waals surface area (Å²) in [4.78, 5) is 21.5. The molecule has 0 atom stereocenters. The van der Waals surface area contributed by atoms with E-state index >= 15 is 0 Å². The zero-order valence-electron chi connectivity index (χ0n) is 17.9. The lowest BCUT2D eigenvalue weighted by molar-refractivity contribution is -0.122. The smallest absolute Gasteiger partial charge is 0.220 e. The predicted molar refractivity (Wildman–Crippen MR) is 116 cm³/mol. The number of carbonyl (C=O) groups excluding carboxylic acids is 1. The Kier molecular flexibility index (Phi) is 6.90. The summed E-state index contributed by atoms with van der Waals surface area (Å²) in [7, 11) is 0. The maximum atomic E-state index is 11.8. The van der Waals surface area contributed by atoms with Crippen molar-refractivity contribution in [3.63, 3.8) is 0 Å². The number of anilines is 1. The van der Waals surface area contributed by atoms with Gasteiger partial charge in [0.1, 0.15) is 11.6 Å². The molecule has 1 saturated carbocycles. The first-order chi connectivity index (χ1) is 14.2. The van der Waals surface area contributed by atoms with Gasteiger partial charge in [-0.05, 0) is 57.1 Å². The van der Waals surface area contributed by atoms with Crippen LogP contribution in [0.3, 0.4) is 0 Å². The van der Waals surface area contributed by atoms with E-state index in [0.29, 0.717) is 12.5 Å². The quantitative estimate of drug-likeness (QED) is 0.762. The van der Waals surface area contributed by atoms with Gasteiger partial charge in [0.2, 0.25) is 5.91 Å². The van der Waals surface area contributed by atoms with Gasteiger partial charge in [-0.25, -0.2) is 4.98 Å². The molecule has 3 heterocycles. The lowest BCUT2D eigenvalue weighted by Crippen LogP contribution is -2.47. The Bertz CT molecular complexity index is 679. The molecule has 0 bridgehead atoms. The second kappa shape index (κ2) is 9.79. The van der Waals surface area contributed by atoms with Crippen LogP contribution >= 0.6 is 0 Å². The van der Waals surface area contributed by atoms with Crippen LogP contribution in [0.15, 0.2) is 12.3 Å². The Morgan fingerprint density at radius 2 is 2.00 bits per heavy atom. The van der Waals surface area contributed by atoms with Gasteiger partial charge in [-0.1, -0.05) is 6.92 Å². The van der Waals surface area contributed by atoms with Gasteiger partial charge < -0.3 is 15.0 Å². The van der Waals surface area contributed by atoms with Crippen molar-refractivity contribution in [2.24, 2.45) is 5.92 Å². The van der Waals surface area contributed by atoms with Crippen molar-refractivity contribution in [1.29, 1.82) is 0 Å². The number of carbonyl (C=O) groups is 1.